The number of benzene rings is 1. The highest BCUT2D eigenvalue weighted by atomic mass is 16.6. The molecule has 1 aromatic rings. The van der Waals surface area contributed by atoms with E-state index in [-0.39, 0.29) is 12.1 Å². The third kappa shape index (κ3) is 3.34. The zero-order valence-electron chi connectivity index (χ0n) is 13.3. The number of hydrogen-bond donors (Lipinski definition) is 0. The van der Waals surface area contributed by atoms with Gasteiger partial charge in [0.25, 0.3) is 0 Å². The fourth-order valence-electron chi connectivity index (χ4n) is 3.59. The summed E-state index contributed by atoms with van der Waals surface area (Å²) in [5, 5.41) is 0. The Balaban J connectivity index is 1.58. The van der Waals surface area contributed by atoms with Crippen LogP contribution in [0.15, 0.2) is 42.0 Å². The molecule has 1 amide bonds. The number of hydrogen-bond acceptors (Lipinski definition) is 2. The highest BCUT2D eigenvalue weighted by Gasteiger charge is 2.40. The van der Waals surface area contributed by atoms with E-state index in [1.54, 1.807) is 5.57 Å². The lowest BCUT2D eigenvalue weighted by molar-refractivity contribution is 0.0814. The van der Waals surface area contributed by atoms with Crippen molar-refractivity contribution in [1.82, 2.24) is 4.90 Å². The molecule has 2 aliphatic rings. The lowest BCUT2D eigenvalue weighted by Crippen LogP contribution is -2.43. The van der Waals surface area contributed by atoms with Crippen molar-refractivity contribution in [1.29, 1.82) is 0 Å². The largest absolute Gasteiger partial charge is 0.445 e. The quantitative estimate of drug-likeness (QED) is 0.739. The van der Waals surface area contributed by atoms with Crippen LogP contribution in [0.5, 0.6) is 0 Å². The molecule has 3 heteroatoms. The van der Waals surface area contributed by atoms with Gasteiger partial charge in [-0.1, -0.05) is 55.3 Å². The van der Waals surface area contributed by atoms with E-state index in [2.05, 4.69) is 13.0 Å². The molecule has 3 nitrogen and oxygen atoms in total. The number of unbranched alkanes of at least 4 members (excludes halogenated alkanes) is 1. The van der Waals surface area contributed by atoms with Gasteiger partial charge in [-0.3, -0.25) is 4.90 Å². The minimum atomic E-state index is -0.151. The van der Waals surface area contributed by atoms with Gasteiger partial charge in [0.15, 0.2) is 0 Å². The Labute approximate surface area is 133 Å². The molecule has 22 heavy (non-hydrogen) atoms. The fraction of sp³-hybridized carbons (Fsp3) is 0.526. The summed E-state index contributed by atoms with van der Waals surface area (Å²) in [6, 6.07) is 10.5. The minimum absolute atomic E-state index is 0.151. The molecule has 1 fully saturated rings. The molecule has 1 saturated heterocycles. The fourth-order valence-corrected chi connectivity index (χ4v) is 3.59. The Morgan fingerprint density at radius 3 is 2.82 bits per heavy atom. The number of ether oxygens (including phenoxy) is 1. The summed E-state index contributed by atoms with van der Waals surface area (Å²) in [4.78, 5) is 14.4. The molecular weight excluding hydrogens is 274 g/mol. The van der Waals surface area contributed by atoms with Crippen LogP contribution in [0.3, 0.4) is 0 Å². The van der Waals surface area contributed by atoms with Gasteiger partial charge in [-0.2, -0.15) is 0 Å². The van der Waals surface area contributed by atoms with Gasteiger partial charge in [0, 0.05) is 6.04 Å². The second kappa shape index (κ2) is 6.99. The molecule has 0 N–H and O–H groups in total. The van der Waals surface area contributed by atoms with E-state index in [1.165, 1.54) is 19.3 Å². The lowest BCUT2D eigenvalue weighted by atomic mass is 9.97. The maximum atomic E-state index is 12.4. The summed E-state index contributed by atoms with van der Waals surface area (Å²) < 4.78 is 5.52. The second-order valence-electron chi connectivity index (χ2n) is 6.38. The average molecular weight is 299 g/mol. The van der Waals surface area contributed by atoms with Gasteiger partial charge in [-0.25, -0.2) is 4.79 Å². The summed E-state index contributed by atoms with van der Waals surface area (Å²) in [5.41, 5.74) is 2.58. The molecule has 0 aliphatic carbocycles. The van der Waals surface area contributed by atoms with Crippen LogP contribution in [0.4, 0.5) is 4.79 Å². The molecule has 2 atom stereocenters. The molecular formula is C19H25NO2. The predicted molar refractivity (Wildman–Crippen MR) is 87.5 cm³/mol. The molecule has 0 spiro atoms. The van der Waals surface area contributed by atoms with Crippen molar-refractivity contribution in [3.8, 4) is 0 Å². The molecule has 0 saturated carbocycles. The molecule has 2 unspecified atom stereocenters. The topological polar surface area (TPSA) is 29.5 Å². The standard InChI is InChI=1S/C19H25NO2/c1-2-3-7-16-12-17-10-11-18(13-16)20(17)19(21)22-14-15-8-5-4-6-9-15/h4-6,8-9,12,17-18H,2-3,7,10-11,13-14H2,1H3. The predicted octanol–water partition coefficient (Wildman–Crippen LogP) is 4.68. The number of carbonyl (C=O) groups is 1. The summed E-state index contributed by atoms with van der Waals surface area (Å²) in [6.45, 7) is 2.59. The van der Waals surface area contributed by atoms with E-state index in [1.807, 2.05) is 35.2 Å². The Kier molecular flexibility index (Phi) is 4.81. The van der Waals surface area contributed by atoms with Crippen molar-refractivity contribution in [2.45, 2.75) is 64.1 Å². The van der Waals surface area contributed by atoms with Crippen LogP contribution in [0.25, 0.3) is 0 Å². The van der Waals surface area contributed by atoms with Gasteiger partial charge < -0.3 is 4.74 Å². The van der Waals surface area contributed by atoms with E-state index < -0.39 is 0 Å². The number of nitrogens with zero attached hydrogens (tertiary/aromatic N) is 1. The van der Waals surface area contributed by atoms with E-state index >= 15 is 0 Å². The monoisotopic (exact) mass is 299 g/mol. The van der Waals surface area contributed by atoms with Gasteiger partial charge in [0.1, 0.15) is 6.61 Å². The maximum Gasteiger partial charge on any atom is 0.410 e. The van der Waals surface area contributed by atoms with Crippen LogP contribution in [-0.2, 0) is 11.3 Å². The number of carbonyl (C=O) groups excluding carboxylic acids is 1. The molecule has 1 aromatic carbocycles. The van der Waals surface area contributed by atoms with Gasteiger partial charge in [0.2, 0.25) is 0 Å². The maximum absolute atomic E-state index is 12.4. The van der Waals surface area contributed by atoms with Crippen LogP contribution in [0.2, 0.25) is 0 Å². The van der Waals surface area contributed by atoms with Crippen molar-refractivity contribution < 1.29 is 9.53 Å². The molecule has 118 valence electrons. The molecule has 2 heterocycles. The minimum Gasteiger partial charge on any atom is -0.445 e. The first-order valence-corrected chi connectivity index (χ1v) is 8.46. The van der Waals surface area contributed by atoms with Crippen LogP contribution >= 0.6 is 0 Å². The highest BCUT2D eigenvalue weighted by Crippen LogP contribution is 2.36. The van der Waals surface area contributed by atoms with Crippen LogP contribution in [0.1, 0.15) is 51.0 Å². The number of amides is 1. The van der Waals surface area contributed by atoms with E-state index in [0.717, 1.165) is 24.8 Å². The van der Waals surface area contributed by atoms with Gasteiger partial charge in [-0.05, 0) is 37.7 Å². The van der Waals surface area contributed by atoms with Gasteiger partial charge >= 0.3 is 6.09 Å². The first-order chi connectivity index (χ1) is 10.8. The Morgan fingerprint density at radius 1 is 1.27 bits per heavy atom. The molecule has 0 aromatic heterocycles. The van der Waals surface area contributed by atoms with Crippen LogP contribution in [-0.4, -0.2) is 23.1 Å². The van der Waals surface area contributed by atoms with Crippen molar-refractivity contribution in [3.05, 3.63) is 47.5 Å². The zero-order chi connectivity index (χ0) is 15.4. The van der Waals surface area contributed by atoms with Crippen molar-refractivity contribution in [2.24, 2.45) is 0 Å². The summed E-state index contributed by atoms with van der Waals surface area (Å²) >= 11 is 0. The average Bonchev–Trinajstić information content (AvgIpc) is 2.82. The number of rotatable bonds is 5. The third-order valence-corrected chi connectivity index (χ3v) is 4.74. The van der Waals surface area contributed by atoms with Crippen molar-refractivity contribution in [2.75, 3.05) is 0 Å². The van der Waals surface area contributed by atoms with Gasteiger partial charge in [-0.15, -0.1) is 0 Å². The Morgan fingerprint density at radius 2 is 2.09 bits per heavy atom. The first-order valence-electron chi connectivity index (χ1n) is 8.46. The Hall–Kier alpha value is -1.77. The van der Waals surface area contributed by atoms with Crippen LogP contribution in [0, 0.1) is 0 Å². The highest BCUT2D eigenvalue weighted by molar-refractivity contribution is 5.70. The molecule has 2 aliphatic heterocycles. The van der Waals surface area contributed by atoms with Crippen LogP contribution < -0.4 is 0 Å². The zero-order valence-corrected chi connectivity index (χ0v) is 13.3. The normalized spacial score (nSPS) is 23.3. The third-order valence-electron chi connectivity index (χ3n) is 4.74. The summed E-state index contributed by atoms with van der Waals surface area (Å²) in [7, 11) is 0. The molecule has 2 bridgehead atoms. The van der Waals surface area contributed by atoms with E-state index in [4.69, 9.17) is 4.74 Å². The number of fused-ring (bicyclic) bond motifs is 2. The SMILES string of the molecule is CCCCC1=CC2CCC(C1)N2C(=O)OCc1ccccc1. The second-order valence-corrected chi connectivity index (χ2v) is 6.38. The summed E-state index contributed by atoms with van der Waals surface area (Å²) in [6.07, 6.45) is 9.08. The van der Waals surface area contributed by atoms with Crippen molar-refractivity contribution >= 4 is 6.09 Å². The van der Waals surface area contributed by atoms with Gasteiger partial charge in [0.05, 0.1) is 6.04 Å². The molecule has 0 radical (unpaired) electrons. The lowest BCUT2D eigenvalue weighted by Gasteiger charge is -2.33. The van der Waals surface area contributed by atoms with E-state index in [0.29, 0.717) is 12.6 Å². The first kappa shape index (κ1) is 15.1. The smallest absolute Gasteiger partial charge is 0.410 e. The van der Waals surface area contributed by atoms with Crippen molar-refractivity contribution in [3.63, 3.8) is 0 Å². The van der Waals surface area contributed by atoms with E-state index in [9.17, 15) is 4.79 Å². The molecule has 3 rings (SSSR count). The Bertz CT molecular complexity index is 538. The summed E-state index contributed by atoms with van der Waals surface area (Å²) in [5.74, 6) is 0.